The fourth-order valence-corrected chi connectivity index (χ4v) is 1.88. The quantitative estimate of drug-likeness (QED) is 0.587. The molecule has 0 spiro atoms. The van der Waals surface area contributed by atoms with Gasteiger partial charge in [-0.15, -0.1) is 0 Å². The van der Waals surface area contributed by atoms with Crippen LogP contribution >= 0.6 is 0 Å². The van der Waals surface area contributed by atoms with Gasteiger partial charge in [-0.05, 0) is 6.92 Å². The van der Waals surface area contributed by atoms with Gasteiger partial charge in [0.1, 0.15) is 6.10 Å². The molecule has 0 saturated carbocycles. The highest BCUT2D eigenvalue weighted by molar-refractivity contribution is 4.87. The third-order valence-corrected chi connectivity index (χ3v) is 2.98. The number of aliphatic hydroxyl groups excluding tert-OH is 3. The normalized spacial score (nSPS) is 40.2. The van der Waals surface area contributed by atoms with E-state index < -0.39 is 30.7 Å². The lowest BCUT2D eigenvalue weighted by molar-refractivity contribution is -0.292. The summed E-state index contributed by atoms with van der Waals surface area (Å²) in [6.45, 7) is 3.29. The molecule has 0 aromatic rings. The van der Waals surface area contributed by atoms with Crippen molar-refractivity contribution in [1.82, 2.24) is 0 Å². The third-order valence-electron chi connectivity index (χ3n) is 2.98. The van der Waals surface area contributed by atoms with Gasteiger partial charge in [-0.1, -0.05) is 6.92 Å². The average molecular weight is 250 g/mol. The number of rotatable bonds is 5. The van der Waals surface area contributed by atoms with E-state index in [1.54, 1.807) is 13.8 Å². The molecule has 6 unspecified atom stereocenters. The molecule has 1 aliphatic heterocycles. The molecule has 1 fully saturated rings. The molecule has 1 saturated heterocycles. The Kier molecular flexibility index (Phi) is 5.78. The summed E-state index contributed by atoms with van der Waals surface area (Å²) >= 11 is 0. The summed E-state index contributed by atoms with van der Waals surface area (Å²) in [6.07, 6.45) is -3.29. The van der Waals surface area contributed by atoms with E-state index >= 15 is 0 Å². The first-order valence-corrected chi connectivity index (χ1v) is 5.78. The van der Waals surface area contributed by atoms with Crippen LogP contribution in [0.5, 0.6) is 0 Å². The topological polar surface area (TPSA) is 88.4 Å². The first-order valence-electron chi connectivity index (χ1n) is 5.78. The SMILES string of the molecule is COC1OC(CO)C(C)C(O)C1OCC(C)O. The third kappa shape index (κ3) is 3.61. The molecule has 102 valence electrons. The van der Waals surface area contributed by atoms with E-state index in [0.29, 0.717) is 0 Å². The molecule has 3 N–H and O–H groups in total. The van der Waals surface area contributed by atoms with Crippen molar-refractivity contribution in [1.29, 1.82) is 0 Å². The first kappa shape index (κ1) is 14.8. The summed E-state index contributed by atoms with van der Waals surface area (Å²) in [4.78, 5) is 0. The molecule has 6 atom stereocenters. The summed E-state index contributed by atoms with van der Waals surface area (Å²) in [5, 5.41) is 28.4. The second-order valence-electron chi connectivity index (χ2n) is 4.46. The van der Waals surface area contributed by atoms with Crippen LogP contribution in [0.3, 0.4) is 0 Å². The summed E-state index contributed by atoms with van der Waals surface area (Å²) in [6, 6.07) is 0. The molecular weight excluding hydrogens is 228 g/mol. The predicted molar refractivity (Wildman–Crippen MR) is 59.3 cm³/mol. The van der Waals surface area contributed by atoms with E-state index in [-0.39, 0.29) is 19.1 Å². The maximum absolute atomic E-state index is 10.1. The summed E-state index contributed by atoms with van der Waals surface area (Å²) < 4.78 is 16.0. The number of aliphatic hydroxyl groups is 3. The minimum Gasteiger partial charge on any atom is -0.394 e. The molecule has 0 aliphatic carbocycles. The monoisotopic (exact) mass is 250 g/mol. The van der Waals surface area contributed by atoms with Crippen molar-refractivity contribution in [2.75, 3.05) is 20.3 Å². The fraction of sp³-hybridized carbons (Fsp3) is 1.00. The van der Waals surface area contributed by atoms with E-state index in [2.05, 4.69) is 0 Å². The van der Waals surface area contributed by atoms with Crippen molar-refractivity contribution < 1.29 is 29.5 Å². The van der Waals surface area contributed by atoms with Gasteiger partial charge in [-0.2, -0.15) is 0 Å². The first-order chi connectivity index (χ1) is 8.01. The van der Waals surface area contributed by atoms with Crippen LogP contribution in [0.2, 0.25) is 0 Å². The van der Waals surface area contributed by atoms with Gasteiger partial charge in [0.05, 0.1) is 31.5 Å². The van der Waals surface area contributed by atoms with E-state index in [4.69, 9.17) is 24.4 Å². The van der Waals surface area contributed by atoms with Crippen molar-refractivity contribution in [3.05, 3.63) is 0 Å². The largest absolute Gasteiger partial charge is 0.394 e. The molecule has 0 bridgehead atoms. The Morgan fingerprint density at radius 3 is 2.53 bits per heavy atom. The van der Waals surface area contributed by atoms with Crippen LogP contribution in [0.1, 0.15) is 13.8 Å². The molecular formula is C11H22O6. The molecule has 6 heteroatoms. The molecule has 0 aromatic heterocycles. The van der Waals surface area contributed by atoms with Crippen LogP contribution in [-0.2, 0) is 14.2 Å². The van der Waals surface area contributed by atoms with Crippen molar-refractivity contribution in [3.8, 4) is 0 Å². The van der Waals surface area contributed by atoms with Gasteiger partial charge in [-0.25, -0.2) is 0 Å². The van der Waals surface area contributed by atoms with Crippen molar-refractivity contribution >= 4 is 0 Å². The highest BCUT2D eigenvalue weighted by Crippen LogP contribution is 2.28. The van der Waals surface area contributed by atoms with Gasteiger partial charge in [0.2, 0.25) is 0 Å². The maximum atomic E-state index is 10.1. The predicted octanol–water partition coefficient (Wildman–Crippen LogP) is -0.887. The average Bonchev–Trinajstić information content (AvgIpc) is 2.30. The van der Waals surface area contributed by atoms with Gasteiger partial charge >= 0.3 is 0 Å². The maximum Gasteiger partial charge on any atom is 0.186 e. The lowest BCUT2D eigenvalue weighted by Crippen LogP contribution is -2.56. The fourth-order valence-electron chi connectivity index (χ4n) is 1.88. The Bertz CT molecular complexity index is 220. The summed E-state index contributed by atoms with van der Waals surface area (Å²) in [5.41, 5.74) is 0. The van der Waals surface area contributed by atoms with Gasteiger partial charge in [0.15, 0.2) is 6.29 Å². The molecule has 1 rings (SSSR count). The molecule has 6 nitrogen and oxygen atoms in total. The minimum absolute atomic E-state index is 0.0987. The molecule has 0 aromatic carbocycles. The molecule has 17 heavy (non-hydrogen) atoms. The smallest absolute Gasteiger partial charge is 0.186 e. The van der Waals surface area contributed by atoms with Gasteiger partial charge in [0.25, 0.3) is 0 Å². The van der Waals surface area contributed by atoms with Crippen molar-refractivity contribution in [2.45, 2.75) is 44.6 Å². The lowest BCUT2D eigenvalue weighted by atomic mass is 9.91. The molecule has 1 aliphatic rings. The standard InChI is InChI=1S/C11H22O6/c1-6(13)5-16-10-9(14)7(2)8(4-12)17-11(10)15-3/h6-14H,4-5H2,1-3H3. The second-order valence-corrected chi connectivity index (χ2v) is 4.46. The molecule has 0 amide bonds. The second kappa shape index (κ2) is 6.63. The zero-order valence-corrected chi connectivity index (χ0v) is 10.4. The van der Waals surface area contributed by atoms with E-state index in [0.717, 1.165) is 0 Å². The minimum atomic E-state index is -0.801. The van der Waals surface area contributed by atoms with Crippen molar-refractivity contribution in [2.24, 2.45) is 5.92 Å². The van der Waals surface area contributed by atoms with Gasteiger partial charge in [-0.3, -0.25) is 0 Å². The van der Waals surface area contributed by atoms with Crippen LogP contribution in [0, 0.1) is 5.92 Å². The Morgan fingerprint density at radius 1 is 1.41 bits per heavy atom. The Morgan fingerprint density at radius 2 is 2.06 bits per heavy atom. The van der Waals surface area contributed by atoms with Gasteiger partial charge in [0, 0.05) is 13.0 Å². The van der Waals surface area contributed by atoms with Crippen LogP contribution in [-0.4, -0.2) is 66.3 Å². The van der Waals surface area contributed by atoms with E-state index in [1.165, 1.54) is 7.11 Å². The number of ether oxygens (including phenoxy) is 3. The van der Waals surface area contributed by atoms with Crippen LogP contribution in [0.15, 0.2) is 0 Å². The zero-order chi connectivity index (χ0) is 13.0. The number of methoxy groups -OCH3 is 1. The summed E-state index contributed by atoms with van der Waals surface area (Å²) in [7, 11) is 1.44. The highest BCUT2D eigenvalue weighted by atomic mass is 16.7. The van der Waals surface area contributed by atoms with E-state index in [1.807, 2.05) is 0 Å². The Hall–Kier alpha value is -0.240. The Balaban J connectivity index is 2.65. The zero-order valence-electron chi connectivity index (χ0n) is 10.4. The van der Waals surface area contributed by atoms with Crippen LogP contribution < -0.4 is 0 Å². The van der Waals surface area contributed by atoms with Crippen molar-refractivity contribution in [3.63, 3.8) is 0 Å². The summed E-state index contributed by atoms with van der Waals surface area (Å²) in [5.74, 6) is -0.259. The van der Waals surface area contributed by atoms with Crippen LogP contribution in [0.4, 0.5) is 0 Å². The van der Waals surface area contributed by atoms with E-state index in [9.17, 15) is 5.11 Å². The Labute approximate surface area is 101 Å². The molecule has 1 heterocycles. The number of hydrogen-bond acceptors (Lipinski definition) is 6. The highest BCUT2D eigenvalue weighted by Gasteiger charge is 2.43. The lowest BCUT2D eigenvalue weighted by Gasteiger charge is -2.42. The molecule has 0 radical (unpaired) electrons. The number of hydrogen-bond donors (Lipinski definition) is 3. The van der Waals surface area contributed by atoms with Crippen LogP contribution in [0.25, 0.3) is 0 Å². The van der Waals surface area contributed by atoms with Gasteiger partial charge < -0.3 is 29.5 Å².